The number of carboxylic acids is 1. The number of rotatable bonds is 9. The van der Waals surface area contributed by atoms with Gasteiger partial charge in [-0.2, -0.15) is 0 Å². The highest BCUT2D eigenvalue weighted by Crippen LogP contribution is 2.44. The number of carbonyl (C=O) groups is 1. The van der Waals surface area contributed by atoms with E-state index in [0.717, 1.165) is 24.1 Å². The topological polar surface area (TPSA) is 68.2 Å². The van der Waals surface area contributed by atoms with Crippen molar-refractivity contribution in [2.45, 2.75) is 32.4 Å². The molecule has 0 saturated carbocycles. The number of hydrogen-bond acceptors (Lipinski definition) is 6. The molecule has 0 bridgehead atoms. The van der Waals surface area contributed by atoms with Gasteiger partial charge in [0.05, 0.1) is 26.2 Å². The van der Waals surface area contributed by atoms with Crippen molar-refractivity contribution in [2.24, 2.45) is 5.92 Å². The minimum atomic E-state index is -0.731. The fourth-order valence-corrected chi connectivity index (χ4v) is 5.57. The second-order valence-electron chi connectivity index (χ2n) is 8.55. The molecule has 2 atom stereocenters. The normalized spacial score (nSPS) is 17.2. The zero-order valence-electron chi connectivity index (χ0n) is 19.8. The molecule has 1 aromatic heterocycles. The SMILES string of the molecule is COc1cc(C(c2ccc(C)s2)N2CCCC(C(=O)O)C2)cc(OC)c1OCc1ccccc1. The number of piperidine rings is 1. The highest BCUT2D eigenvalue weighted by molar-refractivity contribution is 7.12. The van der Waals surface area contributed by atoms with E-state index >= 15 is 0 Å². The van der Waals surface area contributed by atoms with E-state index in [1.807, 2.05) is 42.5 Å². The molecular weight excluding hydrogens is 450 g/mol. The van der Waals surface area contributed by atoms with Crippen molar-refractivity contribution in [3.63, 3.8) is 0 Å². The molecule has 4 rings (SSSR count). The van der Waals surface area contributed by atoms with Crippen LogP contribution in [0.1, 0.15) is 39.8 Å². The summed E-state index contributed by atoms with van der Waals surface area (Å²) < 4.78 is 17.6. The summed E-state index contributed by atoms with van der Waals surface area (Å²) in [4.78, 5) is 16.4. The van der Waals surface area contributed by atoms with E-state index in [9.17, 15) is 9.90 Å². The van der Waals surface area contributed by atoms with Gasteiger partial charge >= 0.3 is 5.97 Å². The van der Waals surface area contributed by atoms with E-state index in [0.29, 0.717) is 36.8 Å². The lowest BCUT2D eigenvalue weighted by molar-refractivity contribution is -0.143. The van der Waals surface area contributed by atoms with Crippen LogP contribution in [0.3, 0.4) is 0 Å². The summed E-state index contributed by atoms with van der Waals surface area (Å²) >= 11 is 1.73. The fraction of sp³-hybridized carbons (Fsp3) is 0.370. The molecule has 6 nitrogen and oxygen atoms in total. The van der Waals surface area contributed by atoms with Gasteiger partial charge in [0.2, 0.25) is 5.75 Å². The maximum Gasteiger partial charge on any atom is 0.307 e. The molecule has 0 radical (unpaired) electrons. The Hall–Kier alpha value is -3.03. The molecule has 0 amide bonds. The number of methoxy groups -OCH3 is 2. The summed E-state index contributed by atoms with van der Waals surface area (Å²) in [5.41, 5.74) is 2.05. The number of aliphatic carboxylic acids is 1. The molecule has 1 fully saturated rings. The molecule has 1 saturated heterocycles. The Morgan fingerprint density at radius 3 is 2.41 bits per heavy atom. The van der Waals surface area contributed by atoms with Crippen LogP contribution in [0, 0.1) is 12.8 Å². The molecule has 2 aromatic carbocycles. The van der Waals surface area contributed by atoms with Crippen molar-refractivity contribution in [1.29, 1.82) is 0 Å². The van der Waals surface area contributed by atoms with E-state index in [-0.39, 0.29) is 12.0 Å². The molecule has 2 heterocycles. The minimum absolute atomic E-state index is 0.0909. The van der Waals surface area contributed by atoms with Gasteiger partial charge < -0.3 is 19.3 Å². The van der Waals surface area contributed by atoms with Crippen molar-refractivity contribution >= 4 is 17.3 Å². The number of aryl methyl sites for hydroxylation is 1. The fourth-order valence-electron chi connectivity index (χ4n) is 4.53. The van der Waals surface area contributed by atoms with Crippen molar-refractivity contribution in [3.05, 3.63) is 75.5 Å². The second kappa shape index (κ2) is 10.9. The molecule has 180 valence electrons. The van der Waals surface area contributed by atoms with Crippen LogP contribution in [0.15, 0.2) is 54.6 Å². The van der Waals surface area contributed by atoms with Crippen molar-refractivity contribution in [2.75, 3.05) is 27.3 Å². The van der Waals surface area contributed by atoms with Gasteiger partial charge in [0.15, 0.2) is 11.5 Å². The van der Waals surface area contributed by atoms with Crippen LogP contribution in [-0.2, 0) is 11.4 Å². The predicted molar refractivity (Wildman–Crippen MR) is 133 cm³/mol. The molecule has 2 unspecified atom stereocenters. The first-order valence-corrected chi connectivity index (χ1v) is 12.3. The molecule has 0 spiro atoms. The molecule has 1 aliphatic heterocycles. The lowest BCUT2D eigenvalue weighted by atomic mass is 9.94. The van der Waals surface area contributed by atoms with E-state index < -0.39 is 5.97 Å². The monoisotopic (exact) mass is 481 g/mol. The minimum Gasteiger partial charge on any atom is -0.493 e. The molecule has 0 aliphatic carbocycles. The summed E-state index contributed by atoms with van der Waals surface area (Å²) in [6, 6.07) is 18.1. The Kier molecular flexibility index (Phi) is 7.75. The van der Waals surface area contributed by atoms with Gasteiger partial charge in [0, 0.05) is 16.3 Å². The van der Waals surface area contributed by atoms with Crippen molar-refractivity contribution in [3.8, 4) is 17.2 Å². The van der Waals surface area contributed by atoms with Gasteiger partial charge in [-0.25, -0.2) is 0 Å². The average molecular weight is 482 g/mol. The number of ether oxygens (including phenoxy) is 3. The number of benzene rings is 2. The first-order valence-electron chi connectivity index (χ1n) is 11.5. The third-order valence-corrected chi connectivity index (χ3v) is 7.28. The van der Waals surface area contributed by atoms with Gasteiger partial charge in [0.25, 0.3) is 0 Å². The van der Waals surface area contributed by atoms with E-state index in [4.69, 9.17) is 14.2 Å². The van der Waals surface area contributed by atoms with Crippen molar-refractivity contribution in [1.82, 2.24) is 4.90 Å². The van der Waals surface area contributed by atoms with Crippen LogP contribution in [-0.4, -0.2) is 43.3 Å². The van der Waals surface area contributed by atoms with E-state index in [2.05, 4.69) is 24.0 Å². The lowest BCUT2D eigenvalue weighted by Gasteiger charge is -2.37. The Morgan fingerprint density at radius 1 is 1.12 bits per heavy atom. The first-order chi connectivity index (χ1) is 16.5. The average Bonchev–Trinajstić information content (AvgIpc) is 3.29. The maximum atomic E-state index is 11.8. The molecule has 7 heteroatoms. The van der Waals surface area contributed by atoms with Gasteiger partial charge in [0.1, 0.15) is 6.61 Å². The highest BCUT2D eigenvalue weighted by atomic mass is 32.1. The number of likely N-dealkylation sites (tertiary alicyclic amines) is 1. The van der Waals surface area contributed by atoms with Crippen LogP contribution in [0.4, 0.5) is 0 Å². The predicted octanol–water partition coefficient (Wildman–Crippen LogP) is 5.54. The number of hydrogen-bond donors (Lipinski definition) is 1. The third kappa shape index (κ3) is 5.37. The van der Waals surface area contributed by atoms with Gasteiger partial charge in [-0.05, 0) is 61.7 Å². The van der Waals surface area contributed by atoms with Crippen LogP contribution < -0.4 is 14.2 Å². The summed E-state index contributed by atoms with van der Waals surface area (Å²) in [5.74, 6) is 0.645. The van der Waals surface area contributed by atoms with E-state index in [1.165, 1.54) is 9.75 Å². The molecule has 34 heavy (non-hydrogen) atoms. The van der Waals surface area contributed by atoms with Gasteiger partial charge in [-0.1, -0.05) is 30.3 Å². The third-order valence-electron chi connectivity index (χ3n) is 6.22. The van der Waals surface area contributed by atoms with Gasteiger partial charge in [-0.15, -0.1) is 11.3 Å². The first kappa shape index (κ1) is 24.1. The largest absolute Gasteiger partial charge is 0.493 e. The number of nitrogens with zero attached hydrogens (tertiary/aromatic N) is 1. The van der Waals surface area contributed by atoms with Crippen LogP contribution in [0.25, 0.3) is 0 Å². The lowest BCUT2D eigenvalue weighted by Crippen LogP contribution is -2.41. The zero-order chi connectivity index (χ0) is 24.1. The summed E-state index contributed by atoms with van der Waals surface area (Å²) in [6.45, 7) is 3.83. The van der Waals surface area contributed by atoms with Crippen molar-refractivity contribution < 1.29 is 24.1 Å². The van der Waals surface area contributed by atoms with Crippen LogP contribution in [0.2, 0.25) is 0 Å². The zero-order valence-corrected chi connectivity index (χ0v) is 20.6. The standard InChI is InChI=1S/C27H31NO5S/c1-18-11-12-24(34-18)25(28-13-7-10-20(16-28)27(29)30)21-14-22(31-2)26(23(15-21)32-3)33-17-19-8-5-4-6-9-19/h4-6,8-9,11-12,14-15,20,25H,7,10,13,16-17H2,1-3H3,(H,29,30). The second-order valence-corrected chi connectivity index (χ2v) is 9.87. The summed E-state index contributed by atoms with van der Waals surface area (Å²) in [5, 5.41) is 9.66. The summed E-state index contributed by atoms with van der Waals surface area (Å²) in [6.07, 6.45) is 1.56. The smallest absolute Gasteiger partial charge is 0.307 e. The molecule has 1 aliphatic rings. The molecule has 3 aromatic rings. The number of thiophene rings is 1. The van der Waals surface area contributed by atoms with E-state index in [1.54, 1.807) is 25.6 Å². The van der Waals surface area contributed by atoms with Crippen LogP contribution >= 0.6 is 11.3 Å². The molecule has 1 N–H and O–H groups in total. The Labute approximate surface area is 204 Å². The molecular formula is C27H31NO5S. The number of carboxylic acid groups (broad SMARTS) is 1. The Bertz CT molecular complexity index is 1090. The van der Waals surface area contributed by atoms with Crippen LogP contribution in [0.5, 0.6) is 17.2 Å². The Balaban J connectivity index is 1.71. The summed E-state index contributed by atoms with van der Waals surface area (Å²) in [7, 11) is 3.25. The maximum absolute atomic E-state index is 11.8. The Morgan fingerprint density at radius 2 is 1.82 bits per heavy atom. The van der Waals surface area contributed by atoms with Gasteiger partial charge in [-0.3, -0.25) is 9.69 Å². The quantitative estimate of drug-likeness (QED) is 0.433. The highest BCUT2D eigenvalue weighted by Gasteiger charge is 2.33.